The topological polar surface area (TPSA) is 190 Å². The van der Waals surface area contributed by atoms with Crippen molar-refractivity contribution in [1.29, 1.82) is 0 Å². The Bertz CT molecular complexity index is 1830. The molecular formula is C49H80Cl2N8O8. The van der Waals surface area contributed by atoms with E-state index in [4.69, 9.17) is 27.9 Å². The maximum atomic E-state index is 14.8. The minimum Gasteiger partial charge on any atom is -0.379 e. The summed E-state index contributed by atoms with van der Waals surface area (Å²) in [6.07, 6.45) is 4.74. The monoisotopic (exact) mass is 979 g/mol. The lowest BCUT2D eigenvalue weighted by Crippen LogP contribution is -2.60. The van der Waals surface area contributed by atoms with E-state index < -0.39 is 71.2 Å². The van der Waals surface area contributed by atoms with Crippen LogP contribution in [-0.2, 0) is 44.7 Å². The van der Waals surface area contributed by atoms with Crippen LogP contribution in [0.5, 0.6) is 0 Å². The lowest BCUT2D eigenvalue weighted by molar-refractivity contribution is -0.146. The van der Waals surface area contributed by atoms with Gasteiger partial charge in [0.1, 0.15) is 36.3 Å². The molecule has 0 spiro atoms. The van der Waals surface area contributed by atoms with Crippen LogP contribution in [-0.4, -0.2) is 158 Å². The van der Waals surface area contributed by atoms with E-state index in [0.29, 0.717) is 80.3 Å². The summed E-state index contributed by atoms with van der Waals surface area (Å²) in [5.41, 5.74) is -0.191. The van der Waals surface area contributed by atoms with Crippen molar-refractivity contribution in [2.75, 3.05) is 60.5 Å². The summed E-state index contributed by atoms with van der Waals surface area (Å²) in [6.45, 7) is 17.1. The van der Waals surface area contributed by atoms with Gasteiger partial charge >= 0.3 is 0 Å². The van der Waals surface area contributed by atoms with Crippen LogP contribution in [0.3, 0.4) is 0 Å². The molecule has 2 aliphatic heterocycles. The average molecular weight is 980 g/mol. The molecule has 0 unspecified atom stereocenters. The van der Waals surface area contributed by atoms with Gasteiger partial charge in [0, 0.05) is 62.7 Å². The SMILES string of the molecule is CCC[C@H]1NC(=O)[C@H](Cc2cc(Cl)ccc2Cl)N(C)C(=O)[C@H](CC(C)C)NC(=O)[C@@H](N(C)C(=O)[C@H](CCCCN2CCOCC2)NC(=O)[C@H](CC)NC(=O)C(C)(C)CC)CCCCN(C)C1=O. The predicted molar refractivity (Wildman–Crippen MR) is 262 cm³/mol. The third-order valence-electron chi connectivity index (χ3n) is 13.2. The molecule has 0 saturated carbocycles. The third-order valence-corrected chi connectivity index (χ3v) is 13.8. The fraction of sp³-hybridized carbons (Fsp3) is 0.735. The van der Waals surface area contributed by atoms with Crippen LogP contribution < -0.4 is 21.3 Å². The van der Waals surface area contributed by atoms with Crippen LogP contribution in [0.15, 0.2) is 18.2 Å². The number of halogens is 2. The first-order valence-electron chi connectivity index (χ1n) is 24.4. The summed E-state index contributed by atoms with van der Waals surface area (Å²) in [7, 11) is 4.69. The number of nitrogens with one attached hydrogen (secondary N) is 4. The Labute approximate surface area is 409 Å². The zero-order chi connectivity index (χ0) is 50.0. The third kappa shape index (κ3) is 17.5. The Morgan fingerprint density at radius 2 is 1.57 bits per heavy atom. The van der Waals surface area contributed by atoms with Gasteiger partial charge in [-0.25, -0.2) is 0 Å². The van der Waals surface area contributed by atoms with Crippen LogP contribution in [0.1, 0.15) is 125 Å². The zero-order valence-electron chi connectivity index (χ0n) is 41.8. The fourth-order valence-corrected chi connectivity index (χ4v) is 8.75. The molecule has 0 radical (unpaired) electrons. The fourth-order valence-electron chi connectivity index (χ4n) is 8.36. The van der Waals surface area contributed by atoms with Crippen molar-refractivity contribution in [1.82, 2.24) is 40.9 Å². The van der Waals surface area contributed by atoms with Gasteiger partial charge in [-0.1, -0.05) is 78.1 Å². The summed E-state index contributed by atoms with van der Waals surface area (Å²) in [4.78, 5) is 106. The van der Waals surface area contributed by atoms with Crippen molar-refractivity contribution in [3.63, 3.8) is 0 Å². The molecule has 3 rings (SSSR count). The number of likely N-dealkylation sites (N-methyl/N-ethyl adjacent to an activating group) is 3. The summed E-state index contributed by atoms with van der Waals surface area (Å²) in [5, 5.41) is 12.5. The van der Waals surface area contributed by atoms with E-state index in [1.807, 2.05) is 41.5 Å². The van der Waals surface area contributed by atoms with Gasteiger partial charge in [-0.2, -0.15) is 0 Å². The highest BCUT2D eigenvalue weighted by atomic mass is 35.5. The van der Waals surface area contributed by atoms with Crippen molar-refractivity contribution in [2.24, 2.45) is 11.3 Å². The maximum Gasteiger partial charge on any atom is 0.245 e. The van der Waals surface area contributed by atoms with Crippen LogP contribution >= 0.6 is 23.2 Å². The molecule has 4 N–H and O–H groups in total. The molecular weight excluding hydrogens is 899 g/mol. The highest BCUT2D eigenvalue weighted by Crippen LogP contribution is 2.25. The summed E-state index contributed by atoms with van der Waals surface area (Å²) >= 11 is 13.0. The molecule has 18 heteroatoms. The molecule has 2 heterocycles. The van der Waals surface area contributed by atoms with Gasteiger partial charge in [-0.05, 0) is 100 Å². The van der Waals surface area contributed by atoms with Crippen LogP contribution in [0, 0.1) is 11.3 Å². The molecule has 1 aromatic carbocycles. The summed E-state index contributed by atoms with van der Waals surface area (Å²) in [6, 6.07) is -1.25. The molecule has 378 valence electrons. The summed E-state index contributed by atoms with van der Waals surface area (Å²) in [5.74, 6) is -3.29. The Morgan fingerprint density at radius 1 is 0.896 bits per heavy atom. The second kappa shape index (κ2) is 27.9. The highest BCUT2D eigenvalue weighted by molar-refractivity contribution is 6.33. The standard InChI is InChI=1S/C49H80Cl2N8O8/c1-11-18-37-45(63)56(8)23-16-15-20-40(43(61)54-39(29-32(4)5)47(65)58(10)41(44(62)53-37)31-33-30-34(50)21-22-35(33)51)57(9)46(64)38(19-14-17-24-59-25-27-67-28-26-59)52-42(60)36(12-2)55-48(66)49(6,7)13-3/h21-22,30,32,36-41H,11-20,23-29,31H2,1-10H3,(H,52,60)(H,53,62)(H,54,61)(H,55,66)/t36-,37+,38-,39-,40-,41-/m0/s1. The molecule has 0 aromatic heterocycles. The quantitative estimate of drug-likeness (QED) is 0.139. The number of carbonyl (C=O) groups excluding carboxylic acids is 7. The molecule has 2 saturated heterocycles. The largest absolute Gasteiger partial charge is 0.379 e. The Morgan fingerprint density at radius 3 is 2.19 bits per heavy atom. The van der Waals surface area contributed by atoms with E-state index in [1.165, 1.54) is 23.9 Å². The Hall–Kier alpha value is -3.99. The number of hydrogen-bond acceptors (Lipinski definition) is 9. The van der Waals surface area contributed by atoms with E-state index in [9.17, 15) is 33.6 Å². The number of ether oxygens (including phenoxy) is 1. The van der Waals surface area contributed by atoms with Gasteiger partial charge in [-0.15, -0.1) is 0 Å². The lowest BCUT2D eigenvalue weighted by atomic mass is 9.89. The van der Waals surface area contributed by atoms with Crippen molar-refractivity contribution in [3.05, 3.63) is 33.8 Å². The second-order valence-corrected chi connectivity index (χ2v) is 20.2. The average Bonchev–Trinajstić information content (AvgIpc) is 3.29. The smallest absolute Gasteiger partial charge is 0.245 e. The number of amides is 7. The number of nitrogens with zero attached hydrogens (tertiary/aromatic N) is 4. The first-order valence-corrected chi connectivity index (χ1v) is 25.1. The van der Waals surface area contributed by atoms with Crippen LogP contribution in [0.25, 0.3) is 0 Å². The molecule has 16 nitrogen and oxygen atoms in total. The number of benzene rings is 1. The van der Waals surface area contributed by atoms with Gasteiger partial charge in [0.2, 0.25) is 41.4 Å². The molecule has 1 aromatic rings. The molecule has 2 aliphatic rings. The van der Waals surface area contributed by atoms with Crippen molar-refractivity contribution in [2.45, 2.75) is 162 Å². The second-order valence-electron chi connectivity index (χ2n) is 19.3. The number of rotatable bonds is 19. The van der Waals surface area contributed by atoms with E-state index in [2.05, 4.69) is 26.2 Å². The molecule has 0 aliphatic carbocycles. The zero-order valence-corrected chi connectivity index (χ0v) is 43.3. The molecule has 0 bridgehead atoms. The lowest BCUT2D eigenvalue weighted by Gasteiger charge is -2.35. The van der Waals surface area contributed by atoms with Crippen molar-refractivity contribution < 1.29 is 38.3 Å². The highest BCUT2D eigenvalue weighted by Gasteiger charge is 2.39. The van der Waals surface area contributed by atoms with Gasteiger partial charge in [0.25, 0.3) is 0 Å². The maximum absolute atomic E-state index is 14.8. The van der Waals surface area contributed by atoms with Gasteiger partial charge in [0.05, 0.1) is 13.2 Å². The van der Waals surface area contributed by atoms with E-state index in [-0.39, 0.29) is 43.4 Å². The van der Waals surface area contributed by atoms with Crippen LogP contribution in [0.4, 0.5) is 0 Å². The van der Waals surface area contributed by atoms with Gasteiger partial charge < -0.3 is 40.7 Å². The molecule has 67 heavy (non-hydrogen) atoms. The molecule has 2 fully saturated rings. The Kier molecular flexibility index (Phi) is 23.8. The number of morpholine rings is 1. The first-order chi connectivity index (χ1) is 31.6. The molecule has 6 atom stereocenters. The van der Waals surface area contributed by atoms with Gasteiger partial charge in [0.15, 0.2) is 0 Å². The van der Waals surface area contributed by atoms with Crippen LogP contribution in [0.2, 0.25) is 10.0 Å². The normalized spacial score (nSPS) is 21.9. The predicted octanol–water partition coefficient (Wildman–Crippen LogP) is 4.97. The minimum absolute atomic E-state index is 0.0307. The van der Waals surface area contributed by atoms with Gasteiger partial charge in [-0.3, -0.25) is 38.5 Å². The van der Waals surface area contributed by atoms with E-state index in [0.717, 1.165) is 26.1 Å². The van der Waals surface area contributed by atoms with Crippen molar-refractivity contribution >= 4 is 64.6 Å². The molecule has 7 amide bonds. The Balaban J connectivity index is 2.04. The number of hydrogen-bond donors (Lipinski definition) is 4. The van der Waals surface area contributed by atoms with Crippen molar-refractivity contribution in [3.8, 4) is 0 Å². The number of unbranched alkanes of at least 4 members (excludes halogenated alkanes) is 1. The summed E-state index contributed by atoms with van der Waals surface area (Å²) < 4.78 is 5.50. The van der Waals surface area contributed by atoms with E-state index >= 15 is 0 Å². The van der Waals surface area contributed by atoms with E-state index in [1.54, 1.807) is 37.1 Å². The number of carbonyl (C=O) groups is 7. The minimum atomic E-state index is -1.15. The first kappa shape index (κ1) is 57.3.